The molecule has 1 heterocycles. The molecular weight excluding hydrogens is 448 g/mol. The average molecular weight is 481 g/mol. The van der Waals surface area contributed by atoms with Crippen LogP contribution in [0.15, 0.2) is 60.2 Å². The van der Waals surface area contributed by atoms with Crippen LogP contribution in [0.25, 0.3) is 0 Å². The molecule has 4 atom stereocenters. The molecule has 0 aromatic heterocycles. The van der Waals surface area contributed by atoms with E-state index in [9.17, 15) is 19.8 Å². The summed E-state index contributed by atoms with van der Waals surface area (Å²) in [5.41, 5.74) is 2.19. The summed E-state index contributed by atoms with van der Waals surface area (Å²) >= 11 is 0. The van der Waals surface area contributed by atoms with Crippen LogP contribution in [0.3, 0.4) is 0 Å². The monoisotopic (exact) mass is 480 g/mol. The third kappa shape index (κ3) is 4.90. The number of hydrogen-bond acceptors (Lipinski definition) is 6. The molecule has 0 saturated heterocycles. The van der Waals surface area contributed by atoms with Crippen molar-refractivity contribution in [1.29, 1.82) is 0 Å². The molecule has 2 aromatic carbocycles. The summed E-state index contributed by atoms with van der Waals surface area (Å²) in [6, 6.07) is 14.3. The van der Waals surface area contributed by atoms with Crippen molar-refractivity contribution in [3.8, 4) is 11.5 Å². The zero-order valence-corrected chi connectivity index (χ0v) is 20.0. The topological polar surface area (TPSA) is 108 Å². The zero-order valence-electron chi connectivity index (χ0n) is 20.0. The Balaban J connectivity index is 1.69. The van der Waals surface area contributed by atoms with Crippen LogP contribution in [0.4, 0.5) is 0 Å². The number of carbonyl (C=O) groups excluding carboxylic acids is 2. The molecule has 8 heteroatoms. The van der Waals surface area contributed by atoms with E-state index in [1.807, 2.05) is 48.5 Å². The number of fused-ring (bicyclic) bond motifs is 3. The number of aliphatic hydroxyl groups is 2. The highest BCUT2D eigenvalue weighted by Crippen LogP contribution is 2.47. The molecule has 2 aromatic rings. The fraction of sp³-hybridized carbons (Fsp3) is 0.407. The molecule has 2 amide bonds. The third-order valence-corrected chi connectivity index (χ3v) is 6.67. The number of aliphatic hydroxyl groups excluding tert-OH is 2. The van der Waals surface area contributed by atoms with E-state index in [4.69, 9.17) is 9.47 Å². The fourth-order valence-electron chi connectivity index (χ4n) is 4.98. The van der Waals surface area contributed by atoms with E-state index in [1.54, 1.807) is 25.0 Å². The average Bonchev–Trinajstić information content (AvgIpc) is 3.28. The van der Waals surface area contributed by atoms with Crippen molar-refractivity contribution in [3.05, 3.63) is 71.3 Å². The van der Waals surface area contributed by atoms with Gasteiger partial charge in [0.15, 0.2) is 0 Å². The molecule has 4 unspecified atom stereocenters. The minimum atomic E-state index is -1.03. The highest BCUT2D eigenvalue weighted by molar-refractivity contribution is 5.96. The summed E-state index contributed by atoms with van der Waals surface area (Å²) in [7, 11) is 1.61. The molecule has 0 fully saturated rings. The van der Waals surface area contributed by atoms with Gasteiger partial charge in [-0.15, -0.1) is 0 Å². The number of rotatable bonds is 9. The van der Waals surface area contributed by atoms with Gasteiger partial charge in [-0.3, -0.25) is 9.59 Å². The van der Waals surface area contributed by atoms with E-state index in [-0.39, 0.29) is 31.4 Å². The molecule has 3 N–H and O–H groups in total. The molecule has 1 aliphatic heterocycles. The van der Waals surface area contributed by atoms with Crippen molar-refractivity contribution in [2.24, 2.45) is 0 Å². The normalized spacial score (nSPS) is 22.3. The molecule has 0 saturated carbocycles. The second-order valence-corrected chi connectivity index (χ2v) is 8.68. The number of nitrogens with zero attached hydrogens (tertiary/aromatic N) is 1. The Morgan fingerprint density at radius 1 is 1.14 bits per heavy atom. The fourth-order valence-corrected chi connectivity index (χ4v) is 4.98. The van der Waals surface area contributed by atoms with Crippen molar-refractivity contribution < 1.29 is 29.3 Å². The van der Waals surface area contributed by atoms with Gasteiger partial charge in [-0.2, -0.15) is 0 Å². The first-order valence-corrected chi connectivity index (χ1v) is 12.0. The number of methoxy groups -OCH3 is 1. The molecule has 2 aliphatic rings. The van der Waals surface area contributed by atoms with Gasteiger partial charge in [0.25, 0.3) is 0 Å². The van der Waals surface area contributed by atoms with Crippen LogP contribution in [-0.2, 0) is 16.0 Å². The van der Waals surface area contributed by atoms with Crippen LogP contribution in [0, 0.1) is 0 Å². The van der Waals surface area contributed by atoms with E-state index in [2.05, 4.69) is 5.32 Å². The van der Waals surface area contributed by atoms with Gasteiger partial charge in [-0.05, 0) is 30.2 Å². The first-order chi connectivity index (χ1) is 17.0. The van der Waals surface area contributed by atoms with E-state index in [0.29, 0.717) is 24.3 Å². The first kappa shape index (κ1) is 24.8. The highest BCUT2D eigenvalue weighted by atomic mass is 16.5. The first-order valence-electron chi connectivity index (χ1n) is 12.0. The molecule has 35 heavy (non-hydrogen) atoms. The number of para-hydroxylation sites is 2. The smallest absolute Gasteiger partial charge is 0.247 e. The maximum atomic E-state index is 13.1. The summed E-state index contributed by atoms with van der Waals surface area (Å²) in [6.07, 6.45) is 0.725. The van der Waals surface area contributed by atoms with Gasteiger partial charge >= 0.3 is 0 Å². The molecule has 1 aliphatic carbocycles. The quantitative estimate of drug-likeness (QED) is 0.505. The summed E-state index contributed by atoms with van der Waals surface area (Å²) in [6.45, 7) is 2.03. The predicted molar refractivity (Wildman–Crippen MR) is 130 cm³/mol. The van der Waals surface area contributed by atoms with Crippen LogP contribution in [0.2, 0.25) is 0 Å². The van der Waals surface area contributed by atoms with E-state index in [1.165, 1.54) is 0 Å². The molecule has 0 spiro atoms. The van der Waals surface area contributed by atoms with Crippen molar-refractivity contribution in [1.82, 2.24) is 10.2 Å². The Morgan fingerprint density at radius 3 is 2.63 bits per heavy atom. The Labute approximate surface area is 205 Å². The molecule has 4 rings (SSSR count). The van der Waals surface area contributed by atoms with Crippen LogP contribution >= 0.6 is 0 Å². The SMILES string of the molecule is CCC(=O)N(CCc1ccccc1OC)C1C=C(C(=O)NCCO)C2c3ccccc3OC2C1O. The Morgan fingerprint density at radius 2 is 1.89 bits per heavy atom. The maximum Gasteiger partial charge on any atom is 0.247 e. The number of hydrogen-bond donors (Lipinski definition) is 3. The summed E-state index contributed by atoms with van der Waals surface area (Å²) < 4.78 is 11.6. The highest BCUT2D eigenvalue weighted by Gasteiger charge is 2.50. The van der Waals surface area contributed by atoms with Gasteiger partial charge in [0, 0.05) is 30.6 Å². The second kappa shape index (κ2) is 10.9. The zero-order chi connectivity index (χ0) is 24.9. The largest absolute Gasteiger partial charge is 0.496 e. The van der Waals surface area contributed by atoms with Crippen LogP contribution in [0.5, 0.6) is 11.5 Å². The summed E-state index contributed by atoms with van der Waals surface area (Å²) in [4.78, 5) is 27.8. The summed E-state index contributed by atoms with van der Waals surface area (Å²) in [5.74, 6) is 0.397. The Hall–Kier alpha value is -3.36. The third-order valence-electron chi connectivity index (χ3n) is 6.67. The molecule has 8 nitrogen and oxygen atoms in total. The van der Waals surface area contributed by atoms with E-state index >= 15 is 0 Å². The van der Waals surface area contributed by atoms with Crippen molar-refractivity contribution >= 4 is 11.8 Å². The molecule has 0 bridgehead atoms. The lowest BCUT2D eigenvalue weighted by Gasteiger charge is -2.40. The maximum absolute atomic E-state index is 13.1. The van der Waals surface area contributed by atoms with E-state index < -0.39 is 24.2 Å². The van der Waals surface area contributed by atoms with Crippen molar-refractivity contribution in [2.75, 3.05) is 26.8 Å². The van der Waals surface area contributed by atoms with Gasteiger partial charge in [0.1, 0.15) is 23.7 Å². The van der Waals surface area contributed by atoms with Crippen molar-refractivity contribution in [3.63, 3.8) is 0 Å². The lowest BCUT2D eigenvalue weighted by molar-refractivity contribution is -0.136. The molecular formula is C27H32N2O6. The number of carbonyl (C=O) groups is 2. The number of nitrogens with one attached hydrogen (secondary N) is 1. The van der Waals surface area contributed by atoms with Crippen LogP contribution < -0.4 is 14.8 Å². The van der Waals surface area contributed by atoms with Crippen LogP contribution in [0.1, 0.15) is 30.4 Å². The minimum absolute atomic E-state index is 0.106. The van der Waals surface area contributed by atoms with Gasteiger partial charge in [0.2, 0.25) is 11.8 Å². The molecule has 186 valence electrons. The van der Waals surface area contributed by atoms with Gasteiger partial charge in [-0.25, -0.2) is 0 Å². The second-order valence-electron chi connectivity index (χ2n) is 8.68. The van der Waals surface area contributed by atoms with Gasteiger partial charge in [-0.1, -0.05) is 43.3 Å². The number of benzene rings is 2. The Bertz CT molecular complexity index is 1100. The predicted octanol–water partition coefficient (Wildman–Crippen LogP) is 1.80. The van der Waals surface area contributed by atoms with Crippen LogP contribution in [-0.4, -0.2) is 72.0 Å². The summed E-state index contributed by atoms with van der Waals surface area (Å²) in [5, 5.41) is 23.4. The molecule has 0 radical (unpaired) electrons. The number of amides is 2. The van der Waals surface area contributed by atoms with Gasteiger partial charge in [0.05, 0.1) is 25.7 Å². The Kier molecular flexibility index (Phi) is 7.73. The number of ether oxygens (including phenoxy) is 2. The van der Waals surface area contributed by atoms with Crippen molar-refractivity contribution in [2.45, 2.75) is 43.9 Å². The lowest BCUT2D eigenvalue weighted by atomic mass is 9.77. The minimum Gasteiger partial charge on any atom is -0.496 e. The van der Waals surface area contributed by atoms with E-state index in [0.717, 1.165) is 16.9 Å². The van der Waals surface area contributed by atoms with Gasteiger partial charge < -0.3 is 29.9 Å². The standard InChI is InChI=1S/C27H32N2O6/c1-3-23(31)29(14-12-17-8-4-6-10-21(17)34-2)20-16-19(27(33)28-13-15-30)24-18-9-5-7-11-22(18)35-26(24)25(20)32/h4-11,16,20,24-26,30,32H,3,12-15H2,1-2H3,(H,28,33). The lowest BCUT2D eigenvalue weighted by Crippen LogP contribution is -2.56.